The molecule has 0 atom stereocenters. The summed E-state index contributed by atoms with van der Waals surface area (Å²) >= 11 is 0. The van der Waals surface area contributed by atoms with Gasteiger partial charge in [-0.05, 0) is 24.3 Å². The zero-order valence-electron chi connectivity index (χ0n) is 9.21. The summed E-state index contributed by atoms with van der Waals surface area (Å²) in [6.07, 6.45) is 1.60. The number of nitrogens with zero attached hydrogens (tertiary/aromatic N) is 2. The van der Waals surface area contributed by atoms with Crippen LogP contribution in [-0.4, -0.2) is 23.3 Å². The number of carbonyl (C=O) groups is 1. The molecule has 0 radical (unpaired) electrons. The van der Waals surface area contributed by atoms with Gasteiger partial charge in [-0.25, -0.2) is 4.79 Å². The minimum Gasteiger partial charge on any atom is -0.467 e. The summed E-state index contributed by atoms with van der Waals surface area (Å²) in [6.45, 7) is 0.513. The number of furan rings is 1. The first kappa shape index (κ1) is 11.1. The van der Waals surface area contributed by atoms with Gasteiger partial charge in [0.2, 0.25) is 0 Å². The number of hydrogen-bond acceptors (Lipinski definition) is 6. The lowest BCUT2D eigenvalue weighted by Crippen LogP contribution is -2.07. The average Bonchev–Trinajstić information content (AvgIpc) is 2.89. The second kappa shape index (κ2) is 5.11. The Bertz CT molecular complexity index is 479. The number of methoxy groups -OCH3 is 1. The van der Waals surface area contributed by atoms with Crippen molar-refractivity contribution >= 4 is 11.8 Å². The second-order valence-corrected chi connectivity index (χ2v) is 3.23. The minimum atomic E-state index is -0.505. The number of ether oxygens (including phenoxy) is 1. The quantitative estimate of drug-likeness (QED) is 0.806. The zero-order valence-corrected chi connectivity index (χ0v) is 9.21. The number of anilines is 1. The summed E-state index contributed by atoms with van der Waals surface area (Å²) in [5.74, 6) is 0.855. The molecule has 0 aliphatic heterocycles. The predicted octanol–water partition coefficient (Wildman–Crippen LogP) is 1.47. The Hall–Kier alpha value is -2.37. The molecule has 6 heteroatoms. The Morgan fingerprint density at radius 3 is 2.88 bits per heavy atom. The topological polar surface area (TPSA) is 77.2 Å². The van der Waals surface area contributed by atoms with Gasteiger partial charge in [-0.15, -0.1) is 10.2 Å². The van der Waals surface area contributed by atoms with E-state index in [1.54, 1.807) is 18.4 Å². The third-order valence-corrected chi connectivity index (χ3v) is 2.08. The summed E-state index contributed by atoms with van der Waals surface area (Å²) < 4.78 is 9.67. The maximum Gasteiger partial charge on any atom is 0.358 e. The molecular formula is C11H11N3O3. The molecule has 1 N–H and O–H groups in total. The molecule has 0 unspecified atom stereocenters. The van der Waals surface area contributed by atoms with Gasteiger partial charge in [-0.1, -0.05) is 0 Å². The molecule has 0 bridgehead atoms. The van der Waals surface area contributed by atoms with Crippen LogP contribution >= 0.6 is 0 Å². The van der Waals surface area contributed by atoms with Gasteiger partial charge >= 0.3 is 5.97 Å². The molecule has 0 saturated carbocycles. The Morgan fingerprint density at radius 1 is 1.41 bits per heavy atom. The maximum atomic E-state index is 11.1. The average molecular weight is 233 g/mol. The molecule has 0 aliphatic rings. The van der Waals surface area contributed by atoms with Crippen molar-refractivity contribution in [1.29, 1.82) is 0 Å². The van der Waals surface area contributed by atoms with Crippen LogP contribution in [0.15, 0.2) is 34.9 Å². The molecule has 17 heavy (non-hydrogen) atoms. The normalized spacial score (nSPS) is 9.94. The fraction of sp³-hybridized carbons (Fsp3) is 0.182. The number of rotatable bonds is 4. The van der Waals surface area contributed by atoms with Crippen molar-refractivity contribution in [3.8, 4) is 0 Å². The van der Waals surface area contributed by atoms with Crippen molar-refractivity contribution in [2.75, 3.05) is 12.4 Å². The smallest absolute Gasteiger partial charge is 0.358 e. The number of carbonyl (C=O) groups excluding carboxylic acids is 1. The summed E-state index contributed by atoms with van der Waals surface area (Å²) in [6, 6.07) is 6.86. The lowest BCUT2D eigenvalue weighted by molar-refractivity contribution is 0.0593. The summed E-state index contributed by atoms with van der Waals surface area (Å²) in [5.41, 5.74) is 0.177. The van der Waals surface area contributed by atoms with Crippen molar-refractivity contribution in [3.63, 3.8) is 0 Å². The molecular weight excluding hydrogens is 222 g/mol. The Labute approximate surface area is 97.6 Å². The second-order valence-electron chi connectivity index (χ2n) is 3.23. The third-order valence-electron chi connectivity index (χ3n) is 2.08. The highest BCUT2D eigenvalue weighted by Crippen LogP contribution is 2.06. The summed E-state index contributed by atoms with van der Waals surface area (Å²) in [7, 11) is 1.30. The van der Waals surface area contributed by atoms with E-state index in [-0.39, 0.29) is 5.69 Å². The molecule has 0 fully saturated rings. The third kappa shape index (κ3) is 2.81. The molecule has 2 aromatic rings. The fourth-order valence-electron chi connectivity index (χ4n) is 1.23. The predicted molar refractivity (Wildman–Crippen MR) is 59.4 cm³/mol. The monoisotopic (exact) mass is 233 g/mol. The van der Waals surface area contributed by atoms with Crippen LogP contribution in [0.3, 0.4) is 0 Å². The first-order valence-corrected chi connectivity index (χ1v) is 4.98. The zero-order chi connectivity index (χ0) is 12.1. The molecule has 2 aromatic heterocycles. The van der Waals surface area contributed by atoms with E-state index in [1.165, 1.54) is 7.11 Å². The molecule has 6 nitrogen and oxygen atoms in total. The molecule has 2 rings (SSSR count). The van der Waals surface area contributed by atoms with Crippen LogP contribution in [0.5, 0.6) is 0 Å². The van der Waals surface area contributed by atoms with Gasteiger partial charge < -0.3 is 14.5 Å². The van der Waals surface area contributed by atoms with Crippen LogP contribution in [0.25, 0.3) is 0 Å². The lowest BCUT2D eigenvalue weighted by Gasteiger charge is -2.02. The van der Waals surface area contributed by atoms with Crippen molar-refractivity contribution in [2.45, 2.75) is 6.54 Å². The summed E-state index contributed by atoms with van der Waals surface area (Å²) in [4.78, 5) is 11.1. The van der Waals surface area contributed by atoms with Crippen LogP contribution in [0.4, 0.5) is 5.82 Å². The van der Waals surface area contributed by atoms with E-state index in [1.807, 2.05) is 12.1 Å². The van der Waals surface area contributed by atoms with E-state index in [9.17, 15) is 4.79 Å². The van der Waals surface area contributed by atoms with Gasteiger partial charge in [-0.3, -0.25) is 0 Å². The number of hydrogen-bond donors (Lipinski definition) is 1. The molecule has 0 amide bonds. The van der Waals surface area contributed by atoms with E-state index >= 15 is 0 Å². The lowest BCUT2D eigenvalue weighted by atomic mass is 10.4. The van der Waals surface area contributed by atoms with Crippen molar-refractivity contribution in [2.24, 2.45) is 0 Å². The van der Waals surface area contributed by atoms with Crippen LogP contribution in [0, 0.1) is 0 Å². The Kier molecular flexibility index (Phi) is 3.34. The van der Waals surface area contributed by atoms with Gasteiger partial charge in [0.15, 0.2) is 5.69 Å². The summed E-state index contributed by atoms with van der Waals surface area (Å²) in [5, 5.41) is 10.6. The first-order valence-electron chi connectivity index (χ1n) is 4.98. The van der Waals surface area contributed by atoms with Crippen LogP contribution in [0.1, 0.15) is 16.2 Å². The number of esters is 1. The standard InChI is InChI=1S/C11H11N3O3/c1-16-11(15)9-4-5-10(14-13-9)12-7-8-3-2-6-17-8/h2-6H,7H2,1H3,(H,12,14). The van der Waals surface area contributed by atoms with Crippen molar-refractivity contribution < 1.29 is 13.9 Å². The molecule has 0 spiro atoms. The van der Waals surface area contributed by atoms with E-state index in [4.69, 9.17) is 4.42 Å². The van der Waals surface area contributed by atoms with E-state index in [2.05, 4.69) is 20.3 Å². The Morgan fingerprint density at radius 2 is 2.29 bits per heavy atom. The minimum absolute atomic E-state index is 0.177. The first-order chi connectivity index (χ1) is 8.29. The highest BCUT2D eigenvalue weighted by molar-refractivity contribution is 5.86. The SMILES string of the molecule is COC(=O)c1ccc(NCc2ccco2)nn1. The van der Waals surface area contributed by atoms with Gasteiger partial charge in [0.25, 0.3) is 0 Å². The van der Waals surface area contributed by atoms with Crippen molar-refractivity contribution in [3.05, 3.63) is 42.0 Å². The molecule has 0 aliphatic carbocycles. The highest BCUT2D eigenvalue weighted by atomic mass is 16.5. The molecule has 0 saturated heterocycles. The number of nitrogens with one attached hydrogen (secondary N) is 1. The molecule has 88 valence electrons. The largest absolute Gasteiger partial charge is 0.467 e. The van der Waals surface area contributed by atoms with E-state index in [0.717, 1.165) is 5.76 Å². The Balaban J connectivity index is 1.96. The highest BCUT2D eigenvalue weighted by Gasteiger charge is 2.07. The van der Waals surface area contributed by atoms with E-state index in [0.29, 0.717) is 12.4 Å². The van der Waals surface area contributed by atoms with Crippen molar-refractivity contribution in [1.82, 2.24) is 10.2 Å². The van der Waals surface area contributed by atoms with Gasteiger partial charge in [-0.2, -0.15) is 0 Å². The van der Waals surface area contributed by atoms with E-state index < -0.39 is 5.97 Å². The van der Waals surface area contributed by atoms with Crippen LogP contribution < -0.4 is 5.32 Å². The van der Waals surface area contributed by atoms with Gasteiger partial charge in [0.05, 0.1) is 19.9 Å². The van der Waals surface area contributed by atoms with Crippen LogP contribution in [0.2, 0.25) is 0 Å². The molecule has 2 heterocycles. The molecule has 0 aromatic carbocycles. The van der Waals surface area contributed by atoms with Crippen LogP contribution in [-0.2, 0) is 11.3 Å². The number of aromatic nitrogens is 2. The fourth-order valence-corrected chi connectivity index (χ4v) is 1.23. The van der Waals surface area contributed by atoms with Gasteiger partial charge in [0, 0.05) is 0 Å². The van der Waals surface area contributed by atoms with Gasteiger partial charge in [0.1, 0.15) is 11.6 Å². The maximum absolute atomic E-state index is 11.1.